The van der Waals surface area contributed by atoms with Gasteiger partial charge in [0.15, 0.2) is 11.6 Å². The molecule has 1 aliphatic rings. The molecule has 0 amide bonds. The van der Waals surface area contributed by atoms with Gasteiger partial charge in [0.1, 0.15) is 0 Å². The van der Waals surface area contributed by atoms with Crippen molar-refractivity contribution in [3.63, 3.8) is 0 Å². The summed E-state index contributed by atoms with van der Waals surface area (Å²) in [6.07, 6.45) is 0. The van der Waals surface area contributed by atoms with E-state index in [1.807, 2.05) is 0 Å². The zero-order chi connectivity index (χ0) is 11.1. The van der Waals surface area contributed by atoms with Crippen LogP contribution in [0.4, 0.5) is 0 Å². The summed E-state index contributed by atoms with van der Waals surface area (Å²) >= 11 is 0. The molecular formula is C14H9O2. The van der Waals surface area contributed by atoms with Crippen molar-refractivity contribution < 1.29 is 11.0 Å². The summed E-state index contributed by atoms with van der Waals surface area (Å²) in [7, 11) is 0. The van der Waals surface area contributed by atoms with Gasteiger partial charge in [-0.1, -0.05) is 48.5 Å². The summed E-state index contributed by atoms with van der Waals surface area (Å²) in [4.78, 5) is 24.2. The second-order valence-electron chi connectivity index (χ2n) is 3.75. The van der Waals surface area contributed by atoms with Gasteiger partial charge in [-0.05, 0) is 0 Å². The topological polar surface area (TPSA) is 34.1 Å². The minimum absolute atomic E-state index is 0. The highest BCUT2D eigenvalue weighted by Crippen LogP contribution is 2.26. The molecule has 1 aliphatic carbocycles. The van der Waals surface area contributed by atoms with E-state index < -0.39 is 0 Å². The predicted octanol–water partition coefficient (Wildman–Crippen LogP) is 2.57. The molecule has 3 rings (SSSR count). The molecule has 2 nitrogen and oxygen atoms in total. The Morgan fingerprint density at radius 2 is 0.812 bits per heavy atom. The first-order valence-electron chi connectivity index (χ1n) is 5.06. The first-order chi connectivity index (χ1) is 7.79. The van der Waals surface area contributed by atoms with Crippen molar-refractivity contribution in [3.8, 4) is 0 Å². The summed E-state index contributed by atoms with van der Waals surface area (Å²) in [5, 5.41) is 0. The molecule has 1 radical (unpaired) electrons. The fourth-order valence-corrected chi connectivity index (χ4v) is 2.05. The highest BCUT2D eigenvalue weighted by molar-refractivity contribution is 6.28. The van der Waals surface area contributed by atoms with E-state index in [1.54, 1.807) is 48.5 Å². The molecule has 0 aliphatic heterocycles. The van der Waals surface area contributed by atoms with Gasteiger partial charge in [0.05, 0.1) is 0 Å². The molecule has 0 heterocycles. The van der Waals surface area contributed by atoms with Crippen molar-refractivity contribution in [1.29, 1.82) is 0 Å². The van der Waals surface area contributed by atoms with Gasteiger partial charge in [0.2, 0.25) is 0 Å². The Hall–Kier alpha value is -2.22. The molecule has 16 heavy (non-hydrogen) atoms. The summed E-state index contributed by atoms with van der Waals surface area (Å²) in [6.45, 7) is 0. The maximum atomic E-state index is 12.1. The molecule has 0 bridgehead atoms. The quantitative estimate of drug-likeness (QED) is 0.570. The summed E-state index contributed by atoms with van der Waals surface area (Å²) in [6, 6.07) is 13.9. The first-order valence-corrected chi connectivity index (χ1v) is 5.06. The van der Waals surface area contributed by atoms with Gasteiger partial charge in [-0.25, -0.2) is 0 Å². The smallest absolute Gasteiger partial charge is 0.194 e. The van der Waals surface area contributed by atoms with Gasteiger partial charge in [-0.2, -0.15) is 0 Å². The van der Waals surface area contributed by atoms with E-state index >= 15 is 0 Å². The maximum Gasteiger partial charge on any atom is 0.194 e. The minimum atomic E-state index is -0.0641. The molecule has 0 aromatic heterocycles. The Morgan fingerprint density at radius 1 is 0.562 bits per heavy atom. The normalized spacial score (nSPS) is 13.2. The van der Waals surface area contributed by atoms with Crippen molar-refractivity contribution in [3.05, 3.63) is 70.8 Å². The van der Waals surface area contributed by atoms with E-state index in [2.05, 4.69) is 0 Å². The molecule has 0 unspecified atom stereocenters. The molecule has 0 fully saturated rings. The second kappa shape index (κ2) is 3.14. The lowest BCUT2D eigenvalue weighted by molar-refractivity contribution is 0.0979. The molecule has 0 saturated carbocycles. The zero-order valence-electron chi connectivity index (χ0n) is 9.44. The van der Waals surface area contributed by atoms with Crippen LogP contribution in [0.25, 0.3) is 0 Å². The van der Waals surface area contributed by atoms with E-state index in [1.165, 1.54) is 0 Å². The van der Waals surface area contributed by atoms with Crippen molar-refractivity contribution in [1.82, 2.24) is 0 Å². The maximum absolute atomic E-state index is 12.1. The third-order valence-corrected chi connectivity index (χ3v) is 2.83. The van der Waals surface area contributed by atoms with Crippen LogP contribution in [-0.4, -0.2) is 11.6 Å². The van der Waals surface area contributed by atoms with Crippen LogP contribution >= 0.6 is 0 Å². The van der Waals surface area contributed by atoms with Crippen LogP contribution in [0.1, 0.15) is 33.3 Å². The summed E-state index contributed by atoms with van der Waals surface area (Å²) in [5.74, 6) is -0.128. The lowest BCUT2D eigenvalue weighted by atomic mass is 9.84. The zero-order valence-corrected chi connectivity index (χ0v) is 8.44. The Kier molecular flexibility index (Phi) is 1.77. The van der Waals surface area contributed by atoms with Gasteiger partial charge in [-0.3, -0.25) is 9.59 Å². The Bertz CT molecular complexity index is 512. The molecular weight excluding hydrogens is 200 g/mol. The van der Waals surface area contributed by atoms with Gasteiger partial charge in [0.25, 0.3) is 0 Å². The van der Waals surface area contributed by atoms with Gasteiger partial charge in [0, 0.05) is 23.7 Å². The number of hydrogen-bond acceptors (Lipinski definition) is 2. The van der Waals surface area contributed by atoms with Gasteiger partial charge >= 0.3 is 0 Å². The lowest BCUT2D eigenvalue weighted by Crippen LogP contribution is -2.20. The number of rotatable bonds is 0. The van der Waals surface area contributed by atoms with Crippen LogP contribution < -0.4 is 0 Å². The van der Waals surface area contributed by atoms with Crippen molar-refractivity contribution in [2.75, 3.05) is 0 Å². The summed E-state index contributed by atoms with van der Waals surface area (Å²) in [5.41, 5.74) is 2.02. The fourth-order valence-electron chi connectivity index (χ4n) is 2.05. The van der Waals surface area contributed by atoms with Crippen molar-refractivity contribution in [2.24, 2.45) is 0 Å². The Labute approximate surface area is 94.0 Å². The van der Waals surface area contributed by atoms with Crippen LogP contribution in [0, 0.1) is 0 Å². The van der Waals surface area contributed by atoms with Crippen molar-refractivity contribution in [2.45, 2.75) is 0 Å². The number of fused-ring (bicyclic) bond motifs is 2. The number of benzene rings is 2. The molecule has 0 spiro atoms. The van der Waals surface area contributed by atoms with Crippen LogP contribution in [0.3, 0.4) is 0 Å². The highest BCUT2D eigenvalue weighted by atomic mass is 16.1. The minimum Gasteiger partial charge on any atom is -0.289 e. The van der Waals surface area contributed by atoms with Crippen LogP contribution in [0.5, 0.6) is 0 Å². The average molecular weight is 209 g/mol. The predicted molar refractivity (Wildman–Crippen MR) is 60.9 cm³/mol. The number of carbonyl (C=O) groups is 2. The van der Waals surface area contributed by atoms with Crippen molar-refractivity contribution >= 4 is 11.6 Å². The van der Waals surface area contributed by atoms with E-state index in [9.17, 15) is 9.59 Å². The average Bonchev–Trinajstić information content (AvgIpc) is 2.36. The van der Waals surface area contributed by atoms with E-state index in [0.717, 1.165) is 0 Å². The standard InChI is InChI=1S/C14H8O2.H/c15-13-9-5-1-2-6-10(9)14(16)12-8-4-3-7-11(12)13;/h1-8H;. The molecule has 77 valence electrons. The van der Waals surface area contributed by atoms with E-state index in [4.69, 9.17) is 0 Å². The SMILES string of the molecule is O=C1c2ccccc2C(=O)c2ccccc21.[H]. The third kappa shape index (κ3) is 1.07. The molecule has 2 aromatic rings. The monoisotopic (exact) mass is 209 g/mol. The van der Waals surface area contributed by atoms with Crippen LogP contribution in [0.15, 0.2) is 48.5 Å². The molecule has 0 atom stereocenters. The highest BCUT2D eigenvalue weighted by Gasteiger charge is 2.28. The number of ketones is 2. The van der Waals surface area contributed by atoms with Crippen LogP contribution in [0.2, 0.25) is 0 Å². The largest absolute Gasteiger partial charge is 0.289 e. The molecule has 2 heteroatoms. The Balaban J connectivity index is 0.00000108. The fraction of sp³-hybridized carbons (Fsp3) is 0. The number of hydrogen-bond donors (Lipinski definition) is 0. The molecule has 2 aromatic carbocycles. The third-order valence-electron chi connectivity index (χ3n) is 2.83. The van der Waals surface area contributed by atoms with E-state index in [-0.39, 0.29) is 13.0 Å². The number of carbonyl (C=O) groups excluding carboxylic acids is 2. The lowest BCUT2D eigenvalue weighted by Gasteiger charge is -2.16. The second-order valence-corrected chi connectivity index (χ2v) is 3.75. The van der Waals surface area contributed by atoms with Gasteiger partial charge < -0.3 is 0 Å². The summed E-state index contributed by atoms with van der Waals surface area (Å²) < 4.78 is 0. The Morgan fingerprint density at radius 3 is 1.06 bits per heavy atom. The molecule has 0 saturated heterocycles. The molecule has 0 N–H and O–H groups in total. The van der Waals surface area contributed by atoms with Gasteiger partial charge in [-0.15, -0.1) is 0 Å². The van der Waals surface area contributed by atoms with Crippen LogP contribution in [-0.2, 0) is 0 Å². The van der Waals surface area contributed by atoms with E-state index in [0.29, 0.717) is 22.3 Å². The first kappa shape index (κ1) is 9.04.